The molecule has 0 bridgehead atoms. The van der Waals surface area contributed by atoms with Gasteiger partial charge in [-0.3, -0.25) is 4.79 Å². The molecule has 2 heterocycles. The van der Waals surface area contributed by atoms with E-state index in [0.717, 1.165) is 36.9 Å². The van der Waals surface area contributed by atoms with Crippen molar-refractivity contribution in [1.82, 2.24) is 4.90 Å². The zero-order valence-corrected chi connectivity index (χ0v) is 18.0. The Hall–Kier alpha value is -3.28. The second kappa shape index (κ2) is 9.25. The summed E-state index contributed by atoms with van der Waals surface area (Å²) in [6.45, 7) is 6.75. The SMILES string of the molecule is CCCc1cc(=O)oc2cc(OC(C)C(=O)N3CCN(c4ccccc4)CC3)ccc12. The van der Waals surface area contributed by atoms with E-state index in [9.17, 15) is 9.59 Å². The van der Waals surface area contributed by atoms with E-state index in [1.54, 1.807) is 19.1 Å². The van der Waals surface area contributed by atoms with Gasteiger partial charge in [0, 0.05) is 49.4 Å². The van der Waals surface area contributed by atoms with E-state index in [4.69, 9.17) is 9.15 Å². The number of rotatable bonds is 6. The van der Waals surface area contributed by atoms with Gasteiger partial charge in [-0.15, -0.1) is 0 Å². The van der Waals surface area contributed by atoms with Gasteiger partial charge >= 0.3 is 5.63 Å². The van der Waals surface area contributed by atoms with Crippen molar-refractivity contribution in [1.29, 1.82) is 0 Å². The Labute approximate surface area is 182 Å². The molecular weight excluding hydrogens is 392 g/mol. The van der Waals surface area contributed by atoms with Crippen LogP contribution in [0.3, 0.4) is 0 Å². The molecular formula is C25H28N2O4. The summed E-state index contributed by atoms with van der Waals surface area (Å²) in [4.78, 5) is 28.9. The Morgan fingerprint density at radius 1 is 1.06 bits per heavy atom. The molecule has 1 unspecified atom stereocenters. The summed E-state index contributed by atoms with van der Waals surface area (Å²) >= 11 is 0. The minimum Gasteiger partial charge on any atom is -0.481 e. The molecule has 3 aromatic rings. The molecule has 2 aromatic carbocycles. The van der Waals surface area contributed by atoms with Gasteiger partial charge < -0.3 is 19.0 Å². The third-order valence-electron chi connectivity index (χ3n) is 5.69. The molecule has 1 saturated heterocycles. The molecule has 1 amide bonds. The van der Waals surface area contributed by atoms with Gasteiger partial charge in [0.1, 0.15) is 11.3 Å². The van der Waals surface area contributed by atoms with Gasteiger partial charge in [-0.2, -0.15) is 0 Å². The van der Waals surface area contributed by atoms with Crippen LogP contribution in [-0.4, -0.2) is 43.1 Å². The predicted molar refractivity (Wildman–Crippen MR) is 122 cm³/mol. The van der Waals surface area contributed by atoms with Crippen molar-refractivity contribution < 1.29 is 13.9 Å². The summed E-state index contributed by atoms with van der Waals surface area (Å²) in [6, 6.07) is 17.2. The largest absolute Gasteiger partial charge is 0.481 e. The van der Waals surface area contributed by atoms with Crippen LogP contribution in [0.15, 0.2) is 63.8 Å². The first-order valence-electron chi connectivity index (χ1n) is 10.9. The number of benzene rings is 2. The molecule has 6 nitrogen and oxygen atoms in total. The smallest absolute Gasteiger partial charge is 0.336 e. The van der Waals surface area contributed by atoms with Gasteiger partial charge in [0.05, 0.1) is 0 Å². The molecule has 1 aromatic heterocycles. The number of nitrogens with zero attached hydrogens (tertiary/aromatic N) is 2. The van der Waals surface area contributed by atoms with Crippen LogP contribution in [-0.2, 0) is 11.2 Å². The first kappa shape index (κ1) is 21.0. The van der Waals surface area contributed by atoms with Crippen LogP contribution >= 0.6 is 0 Å². The molecule has 31 heavy (non-hydrogen) atoms. The van der Waals surface area contributed by atoms with E-state index < -0.39 is 6.10 Å². The Morgan fingerprint density at radius 2 is 1.81 bits per heavy atom. The van der Waals surface area contributed by atoms with Gasteiger partial charge in [-0.25, -0.2) is 4.79 Å². The first-order chi connectivity index (χ1) is 15.0. The lowest BCUT2D eigenvalue weighted by atomic mass is 10.1. The lowest BCUT2D eigenvalue weighted by molar-refractivity contribution is -0.138. The van der Waals surface area contributed by atoms with Gasteiger partial charge in [0.25, 0.3) is 5.91 Å². The minimum atomic E-state index is -0.619. The molecule has 0 aliphatic carbocycles. The number of anilines is 1. The number of amides is 1. The highest BCUT2D eigenvalue weighted by molar-refractivity contribution is 5.83. The van der Waals surface area contributed by atoms with Crippen LogP contribution in [0.1, 0.15) is 25.8 Å². The van der Waals surface area contributed by atoms with E-state index in [0.29, 0.717) is 24.4 Å². The van der Waals surface area contributed by atoms with Crippen LogP contribution in [0, 0.1) is 0 Å². The average Bonchev–Trinajstić information content (AvgIpc) is 2.79. The van der Waals surface area contributed by atoms with Gasteiger partial charge in [0.2, 0.25) is 0 Å². The monoisotopic (exact) mass is 420 g/mol. The summed E-state index contributed by atoms with van der Waals surface area (Å²) in [5, 5.41) is 0.907. The zero-order valence-electron chi connectivity index (χ0n) is 18.0. The molecule has 162 valence electrons. The molecule has 0 spiro atoms. The van der Waals surface area contributed by atoms with E-state index in [1.807, 2.05) is 35.2 Å². The number of fused-ring (bicyclic) bond motifs is 1. The number of carbonyl (C=O) groups excluding carboxylic acids is 1. The third kappa shape index (κ3) is 4.74. The second-order valence-electron chi connectivity index (χ2n) is 7.91. The summed E-state index contributed by atoms with van der Waals surface area (Å²) < 4.78 is 11.3. The summed E-state index contributed by atoms with van der Waals surface area (Å²) in [5.41, 5.74) is 2.28. The van der Waals surface area contributed by atoms with Crippen molar-refractivity contribution in [2.24, 2.45) is 0 Å². The number of para-hydroxylation sites is 1. The quantitative estimate of drug-likeness (QED) is 0.567. The number of hydrogen-bond donors (Lipinski definition) is 0. The molecule has 1 fully saturated rings. The third-order valence-corrected chi connectivity index (χ3v) is 5.69. The van der Waals surface area contributed by atoms with Crippen LogP contribution < -0.4 is 15.3 Å². The highest BCUT2D eigenvalue weighted by atomic mass is 16.5. The fourth-order valence-electron chi connectivity index (χ4n) is 4.10. The molecule has 0 N–H and O–H groups in total. The van der Waals surface area contributed by atoms with Crippen LogP contribution in [0.5, 0.6) is 5.75 Å². The molecule has 0 saturated carbocycles. The number of carbonyl (C=O) groups is 1. The molecule has 1 aliphatic rings. The average molecular weight is 421 g/mol. The fraction of sp³-hybridized carbons (Fsp3) is 0.360. The predicted octanol–water partition coefficient (Wildman–Crippen LogP) is 3.86. The maximum absolute atomic E-state index is 12.9. The van der Waals surface area contributed by atoms with Crippen LogP contribution in [0.2, 0.25) is 0 Å². The maximum atomic E-state index is 12.9. The van der Waals surface area contributed by atoms with Gasteiger partial charge in [-0.1, -0.05) is 31.5 Å². The minimum absolute atomic E-state index is 0.0333. The van der Waals surface area contributed by atoms with Crippen molar-refractivity contribution >= 4 is 22.6 Å². The number of hydrogen-bond acceptors (Lipinski definition) is 5. The van der Waals surface area contributed by atoms with Crippen molar-refractivity contribution in [2.75, 3.05) is 31.1 Å². The number of aryl methyl sites for hydroxylation is 1. The van der Waals surface area contributed by atoms with Gasteiger partial charge in [0.15, 0.2) is 6.10 Å². The fourth-order valence-corrected chi connectivity index (χ4v) is 4.10. The van der Waals surface area contributed by atoms with Crippen LogP contribution in [0.4, 0.5) is 5.69 Å². The maximum Gasteiger partial charge on any atom is 0.336 e. The van der Waals surface area contributed by atoms with Crippen LogP contribution in [0.25, 0.3) is 11.0 Å². The Bertz CT molecular complexity index is 1100. The van der Waals surface area contributed by atoms with E-state index >= 15 is 0 Å². The molecule has 0 radical (unpaired) electrons. The first-order valence-corrected chi connectivity index (χ1v) is 10.9. The van der Waals surface area contributed by atoms with Crippen molar-refractivity contribution in [3.8, 4) is 5.75 Å². The molecule has 1 aliphatic heterocycles. The zero-order chi connectivity index (χ0) is 21.8. The Kier molecular flexibility index (Phi) is 6.26. The molecule has 1 atom stereocenters. The van der Waals surface area contributed by atoms with Crippen molar-refractivity contribution in [2.45, 2.75) is 32.8 Å². The lowest BCUT2D eigenvalue weighted by Crippen LogP contribution is -2.52. The molecule has 6 heteroatoms. The van der Waals surface area contributed by atoms with Gasteiger partial charge in [-0.05, 0) is 43.2 Å². The van der Waals surface area contributed by atoms with Crippen molar-refractivity contribution in [3.05, 3.63) is 70.6 Å². The lowest BCUT2D eigenvalue weighted by Gasteiger charge is -2.37. The number of ether oxygens (including phenoxy) is 1. The van der Waals surface area contributed by atoms with Crippen molar-refractivity contribution in [3.63, 3.8) is 0 Å². The van der Waals surface area contributed by atoms with E-state index in [2.05, 4.69) is 24.0 Å². The normalized spacial score (nSPS) is 15.2. The number of piperazine rings is 1. The summed E-state index contributed by atoms with van der Waals surface area (Å²) in [6.07, 6.45) is 1.14. The summed E-state index contributed by atoms with van der Waals surface area (Å²) in [5.74, 6) is 0.488. The highest BCUT2D eigenvalue weighted by Crippen LogP contribution is 2.25. The topological polar surface area (TPSA) is 63.0 Å². The van der Waals surface area contributed by atoms with E-state index in [1.165, 1.54) is 5.69 Å². The Balaban J connectivity index is 1.41. The molecule has 4 rings (SSSR count). The standard InChI is InChI=1S/C25H28N2O4/c1-3-7-19-16-24(28)31-23-17-21(10-11-22(19)23)30-18(2)25(29)27-14-12-26(13-15-27)20-8-5-4-6-9-20/h4-6,8-11,16-18H,3,7,12-15H2,1-2H3. The van der Waals surface area contributed by atoms with E-state index in [-0.39, 0.29) is 11.5 Å². The second-order valence-corrected chi connectivity index (χ2v) is 7.91. The highest BCUT2D eigenvalue weighted by Gasteiger charge is 2.26. The Morgan fingerprint density at radius 3 is 2.52 bits per heavy atom. The summed E-state index contributed by atoms with van der Waals surface area (Å²) in [7, 11) is 0.